The maximum absolute atomic E-state index is 11.4. The Labute approximate surface area is 177 Å². The van der Waals surface area contributed by atoms with Gasteiger partial charge in [-0.05, 0) is 29.6 Å². The average molecular weight is 428 g/mol. The van der Waals surface area contributed by atoms with Gasteiger partial charge < -0.3 is 9.97 Å². The van der Waals surface area contributed by atoms with Gasteiger partial charge in [0.25, 0.3) is 11.4 Å². The highest BCUT2D eigenvalue weighted by Gasteiger charge is 2.20. The number of nitrogens with one attached hydrogen (secondary N) is 2. The highest BCUT2D eigenvalue weighted by molar-refractivity contribution is 7.17. The van der Waals surface area contributed by atoms with Crippen molar-refractivity contribution in [3.8, 4) is 11.1 Å². The number of benzene rings is 3. The molecule has 8 nitrogen and oxygen atoms in total. The van der Waals surface area contributed by atoms with Crippen LogP contribution < -0.4 is 0 Å². The molecule has 6 aromatic rings. The van der Waals surface area contributed by atoms with Gasteiger partial charge in [-0.1, -0.05) is 0 Å². The first-order chi connectivity index (χ1) is 15.0. The SMILES string of the molecule is O=[N+]([O-])c1ccc2[nH]cc(-c3c4ccsc4cc4[nH]c5ccc([N+](=O)[O-])cc5c34)c2c1. The van der Waals surface area contributed by atoms with Crippen molar-refractivity contribution in [1.29, 1.82) is 0 Å². The van der Waals surface area contributed by atoms with Crippen LogP contribution in [0.5, 0.6) is 0 Å². The number of nitro benzene ring substituents is 2. The Morgan fingerprint density at radius 2 is 1.48 bits per heavy atom. The number of aromatic amines is 2. The minimum Gasteiger partial charge on any atom is -0.361 e. The molecule has 0 aliphatic carbocycles. The smallest absolute Gasteiger partial charge is 0.270 e. The van der Waals surface area contributed by atoms with Crippen molar-refractivity contribution in [3.05, 3.63) is 80.3 Å². The van der Waals surface area contributed by atoms with Gasteiger partial charge in [0, 0.05) is 84.4 Å². The summed E-state index contributed by atoms with van der Waals surface area (Å²) in [6.45, 7) is 0. The Morgan fingerprint density at radius 1 is 0.774 bits per heavy atom. The van der Waals surface area contributed by atoms with Crippen molar-refractivity contribution in [3.63, 3.8) is 0 Å². The number of thiophene rings is 1. The highest BCUT2D eigenvalue weighted by atomic mass is 32.1. The van der Waals surface area contributed by atoms with Crippen molar-refractivity contribution in [2.45, 2.75) is 0 Å². The number of fused-ring (bicyclic) bond motifs is 5. The van der Waals surface area contributed by atoms with Crippen LogP contribution in [0.3, 0.4) is 0 Å². The molecule has 0 bridgehead atoms. The van der Waals surface area contributed by atoms with E-state index in [1.165, 1.54) is 12.1 Å². The Kier molecular flexibility index (Phi) is 3.48. The topological polar surface area (TPSA) is 118 Å². The van der Waals surface area contributed by atoms with Crippen molar-refractivity contribution in [2.75, 3.05) is 0 Å². The van der Waals surface area contributed by atoms with Gasteiger partial charge in [-0.2, -0.15) is 0 Å². The van der Waals surface area contributed by atoms with E-state index in [1.54, 1.807) is 35.6 Å². The molecule has 3 heterocycles. The van der Waals surface area contributed by atoms with Crippen LogP contribution in [0.2, 0.25) is 0 Å². The second kappa shape index (κ2) is 6.13. The van der Waals surface area contributed by atoms with E-state index in [1.807, 2.05) is 23.7 Å². The van der Waals surface area contributed by atoms with Crippen molar-refractivity contribution >= 4 is 65.5 Å². The van der Waals surface area contributed by atoms with Gasteiger partial charge in [0.2, 0.25) is 0 Å². The number of H-pyrrole nitrogens is 2. The third kappa shape index (κ3) is 2.47. The Balaban J connectivity index is 1.80. The molecular weight excluding hydrogens is 416 g/mol. The van der Waals surface area contributed by atoms with Gasteiger partial charge in [-0.3, -0.25) is 20.2 Å². The summed E-state index contributed by atoms with van der Waals surface area (Å²) < 4.78 is 1.06. The molecule has 0 amide bonds. The molecule has 0 fully saturated rings. The Morgan fingerprint density at radius 3 is 2.23 bits per heavy atom. The van der Waals surface area contributed by atoms with Crippen LogP contribution >= 0.6 is 11.3 Å². The maximum atomic E-state index is 11.4. The van der Waals surface area contributed by atoms with E-state index in [2.05, 4.69) is 9.97 Å². The molecule has 0 unspecified atom stereocenters. The van der Waals surface area contributed by atoms with E-state index >= 15 is 0 Å². The lowest BCUT2D eigenvalue weighted by atomic mass is 9.95. The molecule has 3 aromatic heterocycles. The molecule has 0 radical (unpaired) electrons. The zero-order valence-corrected chi connectivity index (χ0v) is 16.5. The van der Waals surface area contributed by atoms with Crippen molar-refractivity contribution in [1.82, 2.24) is 9.97 Å². The molecule has 150 valence electrons. The molecular formula is C22H12N4O4S. The number of rotatable bonds is 3. The first-order valence-corrected chi connectivity index (χ1v) is 10.2. The average Bonchev–Trinajstić information content (AvgIpc) is 3.47. The number of hydrogen-bond donors (Lipinski definition) is 2. The molecule has 0 spiro atoms. The molecule has 31 heavy (non-hydrogen) atoms. The molecule has 0 saturated heterocycles. The molecule has 0 saturated carbocycles. The summed E-state index contributed by atoms with van der Waals surface area (Å²) >= 11 is 1.60. The van der Waals surface area contributed by atoms with Crippen molar-refractivity contribution in [2.24, 2.45) is 0 Å². The number of nitrogens with zero attached hydrogens (tertiary/aromatic N) is 2. The monoisotopic (exact) mass is 428 g/mol. The van der Waals surface area contributed by atoms with Gasteiger partial charge in [0.1, 0.15) is 0 Å². The predicted octanol–water partition coefficient (Wildman–Crippen LogP) is 6.50. The summed E-state index contributed by atoms with van der Waals surface area (Å²) in [5, 5.41) is 28.1. The number of nitro groups is 2. The number of non-ortho nitro benzene ring substituents is 2. The number of aromatic nitrogens is 2. The molecule has 6 rings (SSSR count). The fraction of sp³-hybridized carbons (Fsp3) is 0. The molecule has 0 aliphatic heterocycles. The van der Waals surface area contributed by atoms with Crippen LogP contribution in [-0.4, -0.2) is 19.8 Å². The third-order valence-electron chi connectivity index (χ3n) is 5.66. The van der Waals surface area contributed by atoms with E-state index in [-0.39, 0.29) is 11.4 Å². The first kappa shape index (κ1) is 17.6. The van der Waals surface area contributed by atoms with Gasteiger partial charge >= 0.3 is 0 Å². The van der Waals surface area contributed by atoms with E-state index in [9.17, 15) is 20.2 Å². The third-order valence-corrected chi connectivity index (χ3v) is 6.52. The normalized spacial score (nSPS) is 11.7. The van der Waals surface area contributed by atoms with Crippen LogP contribution in [0.25, 0.3) is 53.9 Å². The van der Waals surface area contributed by atoms with E-state index in [0.29, 0.717) is 0 Å². The summed E-state index contributed by atoms with van der Waals surface area (Å²) in [6.07, 6.45) is 1.84. The summed E-state index contributed by atoms with van der Waals surface area (Å²) in [4.78, 5) is 28.5. The molecule has 9 heteroatoms. The first-order valence-electron chi connectivity index (χ1n) is 9.37. The lowest BCUT2D eigenvalue weighted by Crippen LogP contribution is -1.88. The van der Waals surface area contributed by atoms with Crippen LogP contribution in [0.1, 0.15) is 0 Å². The lowest BCUT2D eigenvalue weighted by Gasteiger charge is -2.07. The van der Waals surface area contributed by atoms with E-state index in [0.717, 1.165) is 53.9 Å². The fourth-order valence-electron chi connectivity index (χ4n) is 4.31. The van der Waals surface area contributed by atoms with E-state index in [4.69, 9.17) is 0 Å². The van der Waals surface area contributed by atoms with Gasteiger partial charge in [0.05, 0.1) is 9.85 Å². The highest BCUT2D eigenvalue weighted by Crippen LogP contribution is 2.44. The maximum Gasteiger partial charge on any atom is 0.270 e. The van der Waals surface area contributed by atoms with Crippen LogP contribution in [-0.2, 0) is 0 Å². The predicted molar refractivity (Wildman–Crippen MR) is 122 cm³/mol. The van der Waals surface area contributed by atoms with Gasteiger partial charge in [-0.25, -0.2) is 0 Å². The Bertz CT molecular complexity index is 1710. The van der Waals surface area contributed by atoms with Gasteiger partial charge in [-0.15, -0.1) is 11.3 Å². The Hall–Kier alpha value is -4.24. The molecule has 3 aromatic carbocycles. The van der Waals surface area contributed by atoms with E-state index < -0.39 is 9.85 Å². The zero-order chi connectivity index (χ0) is 21.3. The molecule has 2 N–H and O–H groups in total. The molecule has 0 aliphatic rings. The van der Waals surface area contributed by atoms with Crippen molar-refractivity contribution < 1.29 is 9.85 Å². The second-order valence-corrected chi connectivity index (χ2v) is 8.26. The minimum atomic E-state index is -0.411. The minimum absolute atomic E-state index is 0.0108. The summed E-state index contributed by atoms with van der Waals surface area (Å²) in [6, 6.07) is 13.6. The fourth-order valence-corrected chi connectivity index (χ4v) is 5.14. The standard InChI is InChI=1S/C22H12N4O4S/c27-25(28)11-1-3-17-14(7-11)16(10-23-17)21-13-5-6-31-20(13)9-19-22(21)15-8-12(26(29)30)2-4-18(15)24-19/h1-10,23-24H. The largest absolute Gasteiger partial charge is 0.361 e. The van der Waals surface area contributed by atoms with Gasteiger partial charge in [0.15, 0.2) is 0 Å². The zero-order valence-electron chi connectivity index (χ0n) is 15.7. The van der Waals surface area contributed by atoms with Crippen LogP contribution in [0.15, 0.2) is 60.1 Å². The lowest BCUT2D eigenvalue weighted by molar-refractivity contribution is -0.384. The molecule has 0 atom stereocenters. The summed E-state index contributed by atoms with van der Waals surface area (Å²) in [7, 11) is 0. The summed E-state index contributed by atoms with van der Waals surface area (Å²) in [5.41, 5.74) is 4.18. The van der Waals surface area contributed by atoms with Crippen LogP contribution in [0.4, 0.5) is 11.4 Å². The second-order valence-electron chi connectivity index (χ2n) is 7.31. The number of hydrogen-bond acceptors (Lipinski definition) is 5. The summed E-state index contributed by atoms with van der Waals surface area (Å²) in [5.74, 6) is 0. The quantitative estimate of drug-likeness (QED) is 0.247. The van der Waals surface area contributed by atoms with Crippen LogP contribution in [0, 0.1) is 20.2 Å².